The van der Waals surface area contributed by atoms with E-state index in [1.54, 1.807) is 50.2 Å². The Labute approximate surface area is 398 Å². The number of halogens is 2. The summed E-state index contributed by atoms with van der Waals surface area (Å²) in [5.41, 5.74) is 6.49. The van der Waals surface area contributed by atoms with Crippen LogP contribution in [0.15, 0.2) is 47.5 Å². The first-order valence-corrected chi connectivity index (χ1v) is 24.1. The van der Waals surface area contributed by atoms with E-state index in [1.165, 1.54) is 9.13 Å². The van der Waals surface area contributed by atoms with Crippen LogP contribution in [0.2, 0.25) is 0 Å². The molecule has 5 aromatic rings. The highest BCUT2D eigenvalue weighted by atomic mass is 19.3. The second kappa shape index (κ2) is 19.0. The van der Waals surface area contributed by atoms with E-state index in [0.717, 1.165) is 80.2 Å². The van der Waals surface area contributed by atoms with Crippen molar-refractivity contribution in [2.45, 2.75) is 83.3 Å². The number of carbonyl (C=O) groups is 4. The van der Waals surface area contributed by atoms with Crippen LogP contribution < -0.4 is 15.9 Å². The van der Waals surface area contributed by atoms with E-state index in [0.29, 0.717) is 86.4 Å². The van der Waals surface area contributed by atoms with Crippen LogP contribution in [0, 0.1) is 11.8 Å². The number of aryl methyl sites for hydroxylation is 3. The summed E-state index contributed by atoms with van der Waals surface area (Å²) in [6, 6.07) is 8.32. The Morgan fingerprint density at radius 1 is 0.913 bits per heavy atom. The van der Waals surface area contributed by atoms with Crippen LogP contribution in [-0.2, 0) is 52.7 Å². The predicted molar refractivity (Wildman–Crippen MR) is 254 cm³/mol. The fourth-order valence-corrected chi connectivity index (χ4v) is 11.0. The second-order valence-electron chi connectivity index (χ2n) is 19.0. The SMILES string of the molecule is CC(=O)N1CCc2c(c(N3CCCc4cc(-c5cnn(C)c5)c(C(F)F)cc43)nn2C2CCN(C(=O)CCN3CCN(CC#Cc4cccc5c4n(C)c(=O)n5C4CCC(=O)NC4=O)CC3)CC2)C1. The van der Waals surface area contributed by atoms with Crippen molar-refractivity contribution in [2.24, 2.45) is 14.1 Å². The van der Waals surface area contributed by atoms with Crippen molar-refractivity contribution in [2.75, 3.05) is 70.3 Å². The molecule has 8 heterocycles. The molecule has 0 spiro atoms. The van der Waals surface area contributed by atoms with Crippen molar-refractivity contribution in [3.05, 3.63) is 81.2 Å². The van der Waals surface area contributed by atoms with Gasteiger partial charge in [-0.15, -0.1) is 0 Å². The Bertz CT molecular complexity index is 2960. The fourth-order valence-electron chi connectivity index (χ4n) is 11.0. The number of benzene rings is 2. The quantitative estimate of drug-likeness (QED) is 0.169. The molecule has 3 aromatic heterocycles. The number of piperidine rings is 2. The molecule has 17 nitrogen and oxygen atoms in total. The number of fused-ring (bicyclic) bond motifs is 3. The van der Waals surface area contributed by atoms with E-state index in [9.17, 15) is 32.8 Å². The molecule has 3 fully saturated rings. The maximum absolute atomic E-state index is 14.7. The minimum atomic E-state index is -2.68. The number of para-hydroxylation sites is 1. The van der Waals surface area contributed by atoms with Gasteiger partial charge in [0, 0.05) is 133 Å². The molecule has 0 radical (unpaired) electrons. The van der Waals surface area contributed by atoms with Crippen LogP contribution in [0.3, 0.4) is 0 Å². The summed E-state index contributed by atoms with van der Waals surface area (Å²) in [6.07, 6.45) is 5.28. The zero-order chi connectivity index (χ0) is 48.1. The topological polar surface area (TPSA) is 159 Å². The van der Waals surface area contributed by atoms with Gasteiger partial charge in [-0.3, -0.25) is 47.9 Å². The number of nitrogens with one attached hydrogen (secondary N) is 1. The third-order valence-corrected chi connectivity index (χ3v) is 14.8. The number of anilines is 2. The molecule has 1 unspecified atom stereocenters. The maximum atomic E-state index is 14.7. The van der Waals surface area contributed by atoms with Gasteiger partial charge in [0.1, 0.15) is 6.04 Å². The first-order valence-electron chi connectivity index (χ1n) is 24.1. The van der Waals surface area contributed by atoms with Gasteiger partial charge in [0.15, 0.2) is 5.82 Å². The lowest BCUT2D eigenvalue weighted by Crippen LogP contribution is -2.47. The predicted octanol–water partition coefficient (Wildman–Crippen LogP) is 4.06. The van der Waals surface area contributed by atoms with E-state index < -0.39 is 18.4 Å². The van der Waals surface area contributed by atoms with E-state index in [-0.39, 0.29) is 47.9 Å². The van der Waals surface area contributed by atoms with Gasteiger partial charge in [0.05, 0.1) is 41.9 Å². The minimum absolute atomic E-state index is 0.0123. The summed E-state index contributed by atoms with van der Waals surface area (Å²) >= 11 is 0. The normalized spacial score (nSPS) is 19.4. The summed E-state index contributed by atoms with van der Waals surface area (Å²) in [6.45, 7) is 8.91. The molecule has 3 saturated heterocycles. The molecule has 4 amide bonds. The van der Waals surface area contributed by atoms with Gasteiger partial charge in [0.25, 0.3) is 6.43 Å². The van der Waals surface area contributed by atoms with Gasteiger partial charge in [0.2, 0.25) is 23.6 Å². The molecule has 19 heteroatoms. The Morgan fingerprint density at radius 2 is 1.70 bits per heavy atom. The first kappa shape index (κ1) is 46.1. The zero-order valence-electron chi connectivity index (χ0n) is 39.4. The lowest BCUT2D eigenvalue weighted by Gasteiger charge is -2.35. The van der Waals surface area contributed by atoms with Crippen molar-refractivity contribution < 1.29 is 28.0 Å². The van der Waals surface area contributed by atoms with E-state index in [4.69, 9.17) is 5.10 Å². The maximum Gasteiger partial charge on any atom is 0.329 e. The third-order valence-electron chi connectivity index (χ3n) is 14.8. The molecule has 1 N–H and O–H groups in total. The van der Waals surface area contributed by atoms with Crippen molar-refractivity contribution in [3.63, 3.8) is 0 Å². The number of piperazine rings is 1. The molecule has 10 rings (SSSR count). The van der Waals surface area contributed by atoms with Crippen molar-refractivity contribution in [1.29, 1.82) is 0 Å². The van der Waals surface area contributed by atoms with Gasteiger partial charge in [-0.2, -0.15) is 10.2 Å². The summed E-state index contributed by atoms with van der Waals surface area (Å²) in [5.74, 6) is 6.60. The van der Waals surface area contributed by atoms with Crippen molar-refractivity contribution in [3.8, 4) is 23.0 Å². The standard InChI is InChI=1S/C50H58F2N12O5/c1-32(65)61-22-15-40-39(31-61)48(62-18-6-9-34-27-37(35-29-53-56(2)30-35)38(47(51)52)28-43(34)62)55-64(40)36-13-20-60(21-14-36)45(67)16-19-59-25-23-58(24-26-59)17-5-8-33-7-4-10-41-46(33)57(3)50(69)63(41)42-11-12-44(66)54-49(42)68/h4,7,10,27-30,36,42,47H,6,9,11-26,31H2,1-3H3,(H,54,66,68). The van der Waals surface area contributed by atoms with Gasteiger partial charge in [-0.25, -0.2) is 13.6 Å². The average Bonchev–Trinajstić information content (AvgIpc) is 4.03. The molecular weight excluding hydrogens is 887 g/mol. The molecule has 1 atom stereocenters. The fraction of sp³-hybridized carbons (Fsp3) is 0.500. The second-order valence-corrected chi connectivity index (χ2v) is 19.0. The first-order chi connectivity index (χ1) is 33.3. The van der Waals surface area contributed by atoms with Gasteiger partial charge < -0.3 is 19.6 Å². The molecule has 362 valence electrons. The Balaban J connectivity index is 0.753. The van der Waals surface area contributed by atoms with Crippen molar-refractivity contribution >= 4 is 46.2 Å². The van der Waals surface area contributed by atoms with Crippen LogP contribution in [0.5, 0.6) is 0 Å². The number of nitrogens with zero attached hydrogens (tertiary/aromatic N) is 11. The molecule has 2 aromatic carbocycles. The number of likely N-dealkylation sites (tertiary alicyclic amines) is 1. The van der Waals surface area contributed by atoms with Crippen LogP contribution in [0.1, 0.15) is 91.9 Å². The van der Waals surface area contributed by atoms with Gasteiger partial charge in [-0.1, -0.05) is 17.9 Å². The number of imide groups is 1. The summed E-state index contributed by atoms with van der Waals surface area (Å²) in [5, 5.41) is 11.9. The highest BCUT2D eigenvalue weighted by Crippen LogP contribution is 2.44. The van der Waals surface area contributed by atoms with E-state index >= 15 is 0 Å². The molecule has 69 heavy (non-hydrogen) atoms. The lowest BCUT2D eigenvalue weighted by molar-refractivity contribution is -0.136. The molecule has 5 aliphatic heterocycles. The summed E-state index contributed by atoms with van der Waals surface area (Å²) in [7, 11) is 3.45. The minimum Gasteiger partial charge on any atom is -0.343 e. The highest BCUT2D eigenvalue weighted by Gasteiger charge is 2.36. The molecule has 5 aliphatic rings. The Kier molecular flexibility index (Phi) is 12.7. The van der Waals surface area contributed by atoms with Crippen LogP contribution >= 0.6 is 0 Å². The van der Waals surface area contributed by atoms with E-state index in [1.807, 2.05) is 28.0 Å². The third kappa shape index (κ3) is 8.95. The number of carbonyl (C=O) groups excluding carboxylic acids is 4. The number of rotatable bonds is 9. The number of alkyl halides is 2. The smallest absolute Gasteiger partial charge is 0.329 e. The molecule has 0 saturated carbocycles. The van der Waals surface area contributed by atoms with Crippen LogP contribution in [0.25, 0.3) is 22.2 Å². The average molecular weight is 945 g/mol. The molecular formula is C50H58F2N12O5. The largest absolute Gasteiger partial charge is 0.343 e. The number of amides is 4. The lowest BCUT2D eigenvalue weighted by atomic mass is 9.92. The Morgan fingerprint density at radius 3 is 2.42 bits per heavy atom. The monoisotopic (exact) mass is 944 g/mol. The number of hydrogen-bond acceptors (Lipinski definition) is 10. The summed E-state index contributed by atoms with van der Waals surface area (Å²) in [4.78, 5) is 74.5. The van der Waals surface area contributed by atoms with Crippen LogP contribution in [-0.4, -0.2) is 137 Å². The number of aromatic nitrogens is 6. The number of imidazole rings is 1. The zero-order valence-corrected chi connectivity index (χ0v) is 39.4. The van der Waals surface area contributed by atoms with Crippen LogP contribution in [0.4, 0.5) is 20.3 Å². The van der Waals surface area contributed by atoms with Crippen molar-refractivity contribution in [1.82, 2.24) is 53.6 Å². The molecule has 0 aliphatic carbocycles. The highest BCUT2D eigenvalue weighted by molar-refractivity contribution is 6.00. The number of hydrogen-bond donors (Lipinski definition) is 1. The summed E-state index contributed by atoms with van der Waals surface area (Å²) < 4.78 is 36.2. The van der Waals surface area contributed by atoms with Gasteiger partial charge in [-0.05, 0) is 67.5 Å². The Hall–Kier alpha value is -6.65. The van der Waals surface area contributed by atoms with E-state index in [2.05, 4.69) is 41.6 Å². The van der Waals surface area contributed by atoms with Gasteiger partial charge >= 0.3 is 5.69 Å². The molecule has 0 bridgehead atoms.